The van der Waals surface area contributed by atoms with E-state index in [1.54, 1.807) is 0 Å². The van der Waals surface area contributed by atoms with E-state index in [1.165, 1.54) is 0 Å². The van der Waals surface area contributed by atoms with Gasteiger partial charge in [0.2, 0.25) is 0 Å². The van der Waals surface area contributed by atoms with Gasteiger partial charge in [-0.25, -0.2) is 13.8 Å². The highest BCUT2D eigenvalue weighted by Gasteiger charge is 2.12. The fraction of sp³-hybridized carbons (Fsp3) is 0.312. The van der Waals surface area contributed by atoms with E-state index in [0.717, 1.165) is 29.3 Å². The van der Waals surface area contributed by atoms with Crippen LogP contribution in [0.1, 0.15) is 24.5 Å². The molecule has 2 rings (SSSR count). The molecule has 2 N–H and O–H groups in total. The number of halogens is 2. The summed E-state index contributed by atoms with van der Waals surface area (Å²) >= 11 is 0. The van der Waals surface area contributed by atoms with Crippen LogP contribution in [0.3, 0.4) is 0 Å². The third-order valence-electron chi connectivity index (χ3n) is 3.24. The van der Waals surface area contributed by atoms with Gasteiger partial charge in [-0.2, -0.15) is 0 Å². The maximum absolute atomic E-state index is 13.8. The first-order valence-electron chi connectivity index (χ1n) is 6.95. The Morgan fingerprint density at radius 3 is 2.38 bits per heavy atom. The van der Waals surface area contributed by atoms with E-state index in [0.29, 0.717) is 6.54 Å². The molecular formula is C16H19F2N3. The van der Waals surface area contributed by atoms with Crippen molar-refractivity contribution >= 4 is 17.3 Å². The Bertz CT molecular complexity index is 642. The number of aromatic nitrogens is 1. The molecule has 0 spiro atoms. The molecule has 112 valence electrons. The molecule has 1 aromatic carbocycles. The second-order valence-corrected chi connectivity index (χ2v) is 5.00. The minimum atomic E-state index is -0.715. The van der Waals surface area contributed by atoms with Gasteiger partial charge in [0, 0.05) is 18.3 Å². The van der Waals surface area contributed by atoms with Crippen molar-refractivity contribution in [3.63, 3.8) is 0 Å². The highest BCUT2D eigenvalue weighted by atomic mass is 19.1. The van der Waals surface area contributed by atoms with Crippen molar-refractivity contribution in [2.75, 3.05) is 17.2 Å². The lowest BCUT2D eigenvalue weighted by molar-refractivity contribution is 0.579. The largest absolute Gasteiger partial charge is 0.368 e. The van der Waals surface area contributed by atoms with Crippen molar-refractivity contribution in [2.24, 2.45) is 0 Å². The first-order valence-corrected chi connectivity index (χ1v) is 6.95. The lowest BCUT2D eigenvalue weighted by atomic mass is 10.1. The van der Waals surface area contributed by atoms with Gasteiger partial charge in [0.15, 0.2) is 23.3 Å². The number of benzene rings is 1. The molecule has 0 saturated carbocycles. The second-order valence-electron chi connectivity index (χ2n) is 5.00. The second kappa shape index (κ2) is 6.52. The van der Waals surface area contributed by atoms with Crippen LogP contribution in [0.2, 0.25) is 0 Å². The topological polar surface area (TPSA) is 37.0 Å². The van der Waals surface area contributed by atoms with Crippen molar-refractivity contribution in [3.8, 4) is 0 Å². The summed E-state index contributed by atoms with van der Waals surface area (Å²) < 4.78 is 27.4. The summed E-state index contributed by atoms with van der Waals surface area (Å²) in [6, 6.07) is 6.52. The number of anilines is 3. The van der Waals surface area contributed by atoms with Crippen molar-refractivity contribution in [1.29, 1.82) is 0 Å². The van der Waals surface area contributed by atoms with E-state index >= 15 is 0 Å². The lowest BCUT2D eigenvalue weighted by Crippen LogP contribution is -2.07. The molecule has 21 heavy (non-hydrogen) atoms. The first-order chi connectivity index (χ1) is 10.0. The van der Waals surface area contributed by atoms with Crippen LogP contribution < -0.4 is 10.6 Å². The van der Waals surface area contributed by atoms with E-state index in [-0.39, 0.29) is 11.6 Å². The smallest absolute Gasteiger partial charge is 0.169 e. The summed E-state index contributed by atoms with van der Waals surface area (Å²) in [5.74, 6) is -1.33. The molecule has 0 aliphatic heterocycles. The molecule has 1 aromatic heterocycles. The predicted octanol–water partition coefficient (Wildman–Crippen LogP) is 4.54. The number of hydrogen-bond donors (Lipinski definition) is 2. The number of rotatable bonds is 5. The predicted molar refractivity (Wildman–Crippen MR) is 82.1 cm³/mol. The van der Waals surface area contributed by atoms with Gasteiger partial charge in [-0.1, -0.05) is 13.0 Å². The normalized spacial score (nSPS) is 10.5. The van der Waals surface area contributed by atoms with Gasteiger partial charge >= 0.3 is 0 Å². The standard InChI is InChI=1S/C16H19F2N3/c1-4-7-19-15-13(17)9-14(18)16(21-15)20-12-6-5-10(2)11(3)8-12/h5-6,8-9H,4,7H2,1-3H3,(H2,19,20,21). The average molecular weight is 291 g/mol. The van der Waals surface area contributed by atoms with Gasteiger partial charge in [-0.15, -0.1) is 0 Å². The molecule has 0 aliphatic rings. The van der Waals surface area contributed by atoms with Crippen LogP contribution in [0.15, 0.2) is 24.3 Å². The average Bonchev–Trinajstić information content (AvgIpc) is 2.44. The zero-order chi connectivity index (χ0) is 15.4. The fourth-order valence-electron chi connectivity index (χ4n) is 1.88. The van der Waals surface area contributed by atoms with Crippen LogP contribution in [0, 0.1) is 25.5 Å². The Morgan fingerprint density at radius 1 is 1.00 bits per heavy atom. The SMILES string of the molecule is CCCNc1nc(Nc2ccc(C)c(C)c2)c(F)cc1F. The molecule has 2 aromatic rings. The highest BCUT2D eigenvalue weighted by Crippen LogP contribution is 2.23. The Balaban J connectivity index is 2.28. The summed E-state index contributed by atoms with van der Waals surface area (Å²) in [5.41, 5.74) is 2.96. The molecule has 3 nitrogen and oxygen atoms in total. The van der Waals surface area contributed by atoms with Crippen molar-refractivity contribution in [1.82, 2.24) is 4.98 Å². The quantitative estimate of drug-likeness (QED) is 0.849. The summed E-state index contributed by atoms with van der Waals surface area (Å²) in [7, 11) is 0. The Morgan fingerprint density at radius 2 is 1.71 bits per heavy atom. The third kappa shape index (κ3) is 3.68. The Labute approximate surface area is 123 Å². The first kappa shape index (κ1) is 15.2. The summed E-state index contributed by atoms with van der Waals surface area (Å²) in [6.45, 7) is 6.52. The molecule has 0 fully saturated rings. The molecule has 0 aliphatic carbocycles. The number of aryl methyl sites for hydroxylation is 2. The molecule has 0 bridgehead atoms. The highest BCUT2D eigenvalue weighted by molar-refractivity contribution is 5.60. The molecule has 1 heterocycles. The van der Waals surface area contributed by atoms with Crippen LogP contribution >= 0.6 is 0 Å². The van der Waals surface area contributed by atoms with E-state index in [1.807, 2.05) is 39.0 Å². The number of nitrogens with one attached hydrogen (secondary N) is 2. The summed E-state index contributed by atoms with van der Waals surface area (Å²) in [5, 5.41) is 5.74. The van der Waals surface area contributed by atoms with Crippen molar-refractivity contribution in [3.05, 3.63) is 47.0 Å². The van der Waals surface area contributed by atoms with Gasteiger partial charge in [0.05, 0.1) is 0 Å². The number of hydrogen-bond acceptors (Lipinski definition) is 3. The fourth-order valence-corrected chi connectivity index (χ4v) is 1.88. The molecule has 0 atom stereocenters. The molecule has 0 amide bonds. The maximum atomic E-state index is 13.8. The van der Waals surface area contributed by atoms with Crippen LogP contribution in [0.4, 0.5) is 26.1 Å². The van der Waals surface area contributed by atoms with Gasteiger partial charge in [0.1, 0.15) is 0 Å². The minimum absolute atomic E-state index is 0.0123. The lowest BCUT2D eigenvalue weighted by Gasteiger charge is -2.12. The molecule has 5 heteroatoms. The van der Waals surface area contributed by atoms with Crippen LogP contribution in [-0.2, 0) is 0 Å². The van der Waals surface area contributed by atoms with Crippen LogP contribution in [0.25, 0.3) is 0 Å². The molecular weight excluding hydrogens is 272 g/mol. The Kier molecular flexibility index (Phi) is 4.73. The maximum Gasteiger partial charge on any atom is 0.169 e. The van der Waals surface area contributed by atoms with Crippen LogP contribution in [-0.4, -0.2) is 11.5 Å². The zero-order valence-corrected chi connectivity index (χ0v) is 12.4. The van der Waals surface area contributed by atoms with E-state index in [2.05, 4.69) is 15.6 Å². The van der Waals surface area contributed by atoms with Gasteiger partial charge in [0.25, 0.3) is 0 Å². The van der Waals surface area contributed by atoms with Gasteiger partial charge in [-0.3, -0.25) is 0 Å². The number of pyridine rings is 1. The van der Waals surface area contributed by atoms with Crippen molar-refractivity contribution < 1.29 is 8.78 Å². The molecule has 0 unspecified atom stereocenters. The molecule has 0 radical (unpaired) electrons. The number of nitrogens with zero attached hydrogens (tertiary/aromatic N) is 1. The minimum Gasteiger partial charge on any atom is -0.368 e. The van der Waals surface area contributed by atoms with Crippen LogP contribution in [0.5, 0.6) is 0 Å². The van der Waals surface area contributed by atoms with Crippen molar-refractivity contribution in [2.45, 2.75) is 27.2 Å². The monoisotopic (exact) mass is 291 g/mol. The zero-order valence-electron chi connectivity index (χ0n) is 12.4. The molecule has 0 saturated heterocycles. The van der Waals surface area contributed by atoms with E-state index < -0.39 is 11.6 Å². The third-order valence-corrected chi connectivity index (χ3v) is 3.24. The summed E-state index contributed by atoms with van der Waals surface area (Å²) in [4.78, 5) is 3.98. The van der Waals surface area contributed by atoms with Gasteiger partial charge < -0.3 is 10.6 Å². The van der Waals surface area contributed by atoms with E-state index in [9.17, 15) is 8.78 Å². The van der Waals surface area contributed by atoms with E-state index in [4.69, 9.17) is 0 Å². The van der Waals surface area contributed by atoms with Gasteiger partial charge in [-0.05, 0) is 43.5 Å². The summed E-state index contributed by atoms with van der Waals surface area (Å²) in [6.07, 6.45) is 0.832. The Hall–Kier alpha value is -2.17.